The molecular weight excluding hydrogens is 354 g/mol. The van der Waals surface area contributed by atoms with E-state index >= 15 is 0 Å². The maximum Gasteiger partial charge on any atom is 0.573 e. The number of aromatic nitrogens is 1. The highest BCUT2D eigenvalue weighted by Gasteiger charge is 2.32. The maximum atomic E-state index is 11.9. The Morgan fingerprint density at radius 2 is 1.93 bits per heavy atom. The lowest BCUT2D eigenvalue weighted by molar-refractivity contribution is -0.274. The third kappa shape index (κ3) is 3.29. The van der Waals surface area contributed by atoms with Crippen molar-refractivity contribution in [1.29, 1.82) is 0 Å². The minimum Gasteiger partial charge on any atom is -0.404 e. The average molecular weight is 355 g/mol. The van der Waals surface area contributed by atoms with Crippen molar-refractivity contribution < 1.29 is 17.9 Å². The summed E-state index contributed by atoms with van der Waals surface area (Å²) in [7, 11) is 0. The molecule has 0 saturated carbocycles. The molecule has 14 heavy (non-hydrogen) atoms. The number of pyridine rings is 1. The summed E-state index contributed by atoms with van der Waals surface area (Å²) in [6.45, 7) is 0. The van der Waals surface area contributed by atoms with Gasteiger partial charge in [0.05, 0.1) is 0 Å². The number of halogens is 6. The van der Waals surface area contributed by atoms with E-state index < -0.39 is 12.1 Å². The summed E-state index contributed by atoms with van der Waals surface area (Å²) in [5.74, 6) is -0.507. The molecule has 0 bridgehead atoms. The molecule has 0 aliphatic rings. The van der Waals surface area contributed by atoms with Crippen molar-refractivity contribution in [2.45, 2.75) is 6.36 Å². The van der Waals surface area contributed by atoms with Crippen LogP contribution >= 0.6 is 43.5 Å². The molecule has 0 spiro atoms. The van der Waals surface area contributed by atoms with Crippen LogP contribution in [0.3, 0.4) is 0 Å². The molecule has 0 amide bonds. The van der Waals surface area contributed by atoms with E-state index in [2.05, 4.69) is 41.6 Å². The third-order valence-corrected chi connectivity index (χ3v) is 2.65. The Hall–Kier alpha value is -0.0100. The molecule has 1 heterocycles. The molecule has 0 aliphatic heterocycles. The van der Waals surface area contributed by atoms with Gasteiger partial charge in [0.1, 0.15) is 14.2 Å². The topological polar surface area (TPSA) is 22.1 Å². The van der Waals surface area contributed by atoms with Crippen molar-refractivity contribution in [3.05, 3.63) is 20.3 Å². The lowest BCUT2D eigenvalue weighted by atomic mass is 10.4. The van der Waals surface area contributed by atoms with Crippen LogP contribution in [0.2, 0.25) is 5.02 Å². The van der Waals surface area contributed by atoms with Gasteiger partial charge in [0, 0.05) is 6.07 Å². The Balaban J connectivity index is 3.09. The number of alkyl halides is 3. The molecule has 0 radical (unpaired) electrons. The molecule has 0 aliphatic carbocycles. The number of rotatable bonds is 1. The fourth-order valence-corrected chi connectivity index (χ4v) is 1.79. The van der Waals surface area contributed by atoms with E-state index in [9.17, 15) is 13.2 Å². The van der Waals surface area contributed by atoms with Gasteiger partial charge in [-0.1, -0.05) is 11.6 Å². The van der Waals surface area contributed by atoms with Gasteiger partial charge in [0.2, 0.25) is 0 Å². The minimum absolute atomic E-state index is 0.0767. The van der Waals surface area contributed by atoms with Crippen LogP contribution < -0.4 is 4.74 Å². The van der Waals surface area contributed by atoms with Gasteiger partial charge >= 0.3 is 6.36 Å². The summed E-state index contributed by atoms with van der Waals surface area (Å²) in [6, 6.07) is 1.03. The van der Waals surface area contributed by atoms with Crippen LogP contribution in [0.5, 0.6) is 5.75 Å². The smallest absolute Gasteiger partial charge is 0.404 e. The van der Waals surface area contributed by atoms with Gasteiger partial charge < -0.3 is 4.74 Å². The summed E-state index contributed by atoms with van der Waals surface area (Å²) in [5.41, 5.74) is 0. The van der Waals surface area contributed by atoms with Gasteiger partial charge in [-0.25, -0.2) is 4.98 Å². The highest BCUT2D eigenvalue weighted by molar-refractivity contribution is 9.11. The van der Waals surface area contributed by atoms with E-state index in [-0.39, 0.29) is 14.2 Å². The van der Waals surface area contributed by atoms with Crippen molar-refractivity contribution in [2.24, 2.45) is 0 Å². The summed E-state index contributed by atoms with van der Waals surface area (Å²) in [5, 5.41) is -0.231. The first kappa shape index (κ1) is 12.1. The largest absolute Gasteiger partial charge is 0.573 e. The molecule has 0 saturated heterocycles. The highest BCUT2D eigenvalue weighted by atomic mass is 79.9. The van der Waals surface area contributed by atoms with Gasteiger partial charge in [-0.2, -0.15) is 0 Å². The second-order valence-corrected chi connectivity index (χ2v) is 4.04. The van der Waals surface area contributed by atoms with Crippen LogP contribution in [-0.2, 0) is 0 Å². The Bertz CT molecular complexity index is 358. The van der Waals surface area contributed by atoms with Crippen molar-refractivity contribution in [3.63, 3.8) is 0 Å². The molecule has 0 fully saturated rings. The minimum atomic E-state index is -4.77. The Morgan fingerprint density at radius 1 is 1.36 bits per heavy atom. The van der Waals surface area contributed by atoms with E-state index in [1.807, 2.05) is 0 Å². The van der Waals surface area contributed by atoms with E-state index in [1.165, 1.54) is 0 Å². The molecule has 1 aromatic rings. The van der Waals surface area contributed by atoms with E-state index in [0.29, 0.717) is 0 Å². The zero-order valence-corrected chi connectivity index (χ0v) is 10.1. The lowest BCUT2D eigenvalue weighted by Gasteiger charge is -2.10. The quantitative estimate of drug-likeness (QED) is 0.706. The molecule has 1 rings (SSSR count). The Morgan fingerprint density at radius 3 is 2.43 bits per heavy atom. The Labute approximate surface area is 98.7 Å². The van der Waals surface area contributed by atoms with Crippen molar-refractivity contribution >= 4 is 43.5 Å². The summed E-state index contributed by atoms with van der Waals surface area (Å²) in [4.78, 5) is 3.72. The van der Waals surface area contributed by atoms with Crippen molar-refractivity contribution in [1.82, 2.24) is 4.98 Å². The first-order chi connectivity index (χ1) is 6.29. The lowest BCUT2D eigenvalue weighted by Crippen LogP contribution is -2.17. The molecule has 0 atom stereocenters. The maximum absolute atomic E-state index is 11.9. The van der Waals surface area contributed by atoms with E-state index in [1.54, 1.807) is 0 Å². The molecule has 1 aromatic heterocycles. The normalized spacial score (nSPS) is 11.6. The van der Waals surface area contributed by atoms with E-state index in [0.717, 1.165) is 6.07 Å². The van der Waals surface area contributed by atoms with Gasteiger partial charge in [-0.15, -0.1) is 13.2 Å². The highest BCUT2D eigenvalue weighted by Crippen LogP contribution is 2.36. The SMILES string of the molecule is FC(F)(F)Oc1cc(Br)nc(Br)c1Cl. The van der Waals surface area contributed by atoms with Crippen LogP contribution in [0.1, 0.15) is 0 Å². The predicted molar refractivity (Wildman–Crippen MR) is 51.3 cm³/mol. The van der Waals surface area contributed by atoms with Gasteiger partial charge in [0.25, 0.3) is 0 Å². The predicted octanol–water partition coefficient (Wildman–Crippen LogP) is 4.16. The van der Waals surface area contributed by atoms with Crippen molar-refractivity contribution in [2.75, 3.05) is 0 Å². The van der Waals surface area contributed by atoms with Crippen LogP contribution in [0, 0.1) is 0 Å². The molecule has 0 N–H and O–H groups in total. The zero-order valence-electron chi connectivity index (χ0n) is 6.20. The fraction of sp³-hybridized carbons (Fsp3) is 0.167. The molecule has 78 valence electrons. The van der Waals surface area contributed by atoms with E-state index in [4.69, 9.17) is 11.6 Å². The first-order valence-corrected chi connectivity index (χ1v) is 5.03. The molecule has 2 nitrogen and oxygen atoms in total. The summed E-state index contributed by atoms with van der Waals surface area (Å²) in [6.07, 6.45) is -4.77. The molecule has 0 aromatic carbocycles. The fourth-order valence-electron chi connectivity index (χ4n) is 0.647. The van der Waals surface area contributed by atoms with Crippen LogP contribution in [0.4, 0.5) is 13.2 Å². The molecule has 0 unspecified atom stereocenters. The Kier molecular flexibility index (Phi) is 3.65. The summed E-state index contributed by atoms with van der Waals surface area (Å²) >= 11 is 11.3. The molecule has 8 heteroatoms. The van der Waals surface area contributed by atoms with Gasteiger partial charge in [0.15, 0.2) is 5.75 Å². The number of hydrogen-bond acceptors (Lipinski definition) is 2. The number of hydrogen-bond donors (Lipinski definition) is 0. The van der Waals surface area contributed by atoms with Crippen LogP contribution in [0.15, 0.2) is 15.3 Å². The first-order valence-electron chi connectivity index (χ1n) is 3.07. The van der Waals surface area contributed by atoms with Gasteiger partial charge in [-0.3, -0.25) is 0 Å². The zero-order chi connectivity index (χ0) is 10.9. The van der Waals surface area contributed by atoms with Crippen LogP contribution in [-0.4, -0.2) is 11.3 Å². The molecular formula is C6HBr2ClF3NO. The second kappa shape index (κ2) is 4.24. The average Bonchev–Trinajstić information content (AvgIpc) is 1.96. The monoisotopic (exact) mass is 353 g/mol. The standard InChI is InChI=1S/C6HBr2ClF3NO/c7-3-1-2(14-6(10,11)12)4(9)5(8)13-3/h1H. The number of nitrogens with zero attached hydrogens (tertiary/aromatic N) is 1. The van der Waals surface area contributed by atoms with Crippen LogP contribution in [0.25, 0.3) is 0 Å². The third-order valence-electron chi connectivity index (χ3n) is 1.08. The second-order valence-electron chi connectivity index (χ2n) is 2.10. The number of ether oxygens (including phenoxy) is 1. The summed E-state index contributed by atoms with van der Waals surface area (Å²) < 4.78 is 39.5. The van der Waals surface area contributed by atoms with Crippen molar-refractivity contribution in [3.8, 4) is 5.75 Å². The van der Waals surface area contributed by atoms with Gasteiger partial charge in [-0.05, 0) is 31.9 Å².